The highest BCUT2D eigenvalue weighted by Crippen LogP contribution is 2.40. The fourth-order valence-corrected chi connectivity index (χ4v) is 4.46. The third-order valence-electron chi connectivity index (χ3n) is 6.26. The number of aromatic nitrogens is 1. The van der Waals surface area contributed by atoms with Gasteiger partial charge in [0.25, 0.3) is 5.91 Å². The lowest BCUT2D eigenvalue weighted by molar-refractivity contribution is -0.139. The van der Waals surface area contributed by atoms with Crippen molar-refractivity contribution in [3.05, 3.63) is 59.9 Å². The molecule has 2 aromatic rings. The maximum absolute atomic E-state index is 12.9. The zero-order chi connectivity index (χ0) is 20.3. The number of carbonyl (C=O) groups excluding carboxylic acids is 2. The van der Waals surface area contributed by atoms with Gasteiger partial charge in [0.05, 0.1) is 19.3 Å². The van der Waals surface area contributed by atoms with Gasteiger partial charge >= 0.3 is 0 Å². The lowest BCUT2D eigenvalue weighted by Gasteiger charge is -2.47. The van der Waals surface area contributed by atoms with E-state index in [0.717, 1.165) is 44.6 Å². The zero-order valence-electron chi connectivity index (χ0n) is 16.8. The average molecular weight is 393 g/mol. The van der Waals surface area contributed by atoms with Crippen LogP contribution in [0.25, 0.3) is 0 Å². The first kappa shape index (κ1) is 19.4. The summed E-state index contributed by atoms with van der Waals surface area (Å²) < 4.78 is 5.24. The predicted octanol–water partition coefficient (Wildman–Crippen LogP) is 3.14. The summed E-state index contributed by atoms with van der Waals surface area (Å²) in [5, 5.41) is 0. The molecule has 2 aliphatic heterocycles. The highest BCUT2D eigenvalue weighted by molar-refractivity contribution is 5.94. The van der Waals surface area contributed by atoms with Gasteiger partial charge in [-0.1, -0.05) is 12.1 Å². The van der Waals surface area contributed by atoms with E-state index in [2.05, 4.69) is 4.98 Å². The summed E-state index contributed by atoms with van der Waals surface area (Å²) >= 11 is 0. The SMILES string of the molecule is COc1cccc(C(=O)N2CCC3(CCC(=O)N(Cc4ccccn4)C3)CC2)c1. The maximum Gasteiger partial charge on any atom is 0.253 e. The zero-order valence-corrected chi connectivity index (χ0v) is 16.8. The molecule has 6 nitrogen and oxygen atoms in total. The summed E-state index contributed by atoms with van der Waals surface area (Å²) in [7, 11) is 1.61. The number of hydrogen-bond donors (Lipinski definition) is 0. The van der Waals surface area contributed by atoms with Gasteiger partial charge < -0.3 is 14.5 Å². The summed E-state index contributed by atoms with van der Waals surface area (Å²) in [6, 6.07) is 13.1. The summed E-state index contributed by atoms with van der Waals surface area (Å²) in [6.07, 6.45) is 5.11. The molecule has 4 rings (SSSR count). The summed E-state index contributed by atoms with van der Waals surface area (Å²) in [4.78, 5) is 33.6. The fourth-order valence-electron chi connectivity index (χ4n) is 4.46. The van der Waals surface area contributed by atoms with E-state index in [1.807, 2.05) is 46.2 Å². The quantitative estimate of drug-likeness (QED) is 0.801. The number of piperidine rings is 2. The highest BCUT2D eigenvalue weighted by atomic mass is 16.5. The van der Waals surface area contributed by atoms with Crippen LogP contribution in [0.1, 0.15) is 41.7 Å². The van der Waals surface area contributed by atoms with Crippen molar-refractivity contribution in [2.24, 2.45) is 5.41 Å². The van der Waals surface area contributed by atoms with Crippen LogP contribution in [0.15, 0.2) is 48.7 Å². The standard InChI is InChI=1S/C23H27N3O3/c1-29-20-7-4-5-18(15-20)22(28)25-13-10-23(11-14-25)9-8-21(27)26(17-23)16-19-6-2-3-12-24-19/h2-7,12,15H,8-11,13-14,16-17H2,1H3. The largest absolute Gasteiger partial charge is 0.497 e. The Balaban J connectivity index is 1.40. The summed E-state index contributed by atoms with van der Waals surface area (Å²) in [6.45, 7) is 2.76. The Hall–Kier alpha value is -2.89. The number of nitrogens with zero attached hydrogens (tertiary/aromatic N) is 3. The van der Waals surface area contributed by atoms with Crippen LogP contribution in [-0.2, 0) is 11.3 Å². The van der Waals surface area contributed by atoms with E-state index in [9.17, 15) is 9.59 Å². The van der Waals surface area contributed by atoms with Gasteiger partial charge in [-0.25, -0.2) is 0 Å². The molecule has 0 radical (unpaired) electrons. The fraction of sp³-hybridized carbons (Fsp3) is 0.435. The van der Waals surface area contributed by atoms with Crippen molar-refractivity contribution in [3.8, 4) is 5.75 Å². The molecule has 0 atom stereocenters. The van der Waals surface area contributed by atoms with Gasteiger partial charge in [-0.3, -0.25) is 14.6 Å². The number of rotatable bonds is 4. The minimum absolute atomic E-state index is 0.0518. The predicted molar refractivity (Wildman–Crippen MR) is 109 cm³/mol. The van der Waals surface area contributed by atoms with Crippen molar-refractivity contribution >= 4 is 11.8 Å². The first-order valence-corrected chi connectivity index (χ1v) is 10.2. The molecule has 1 aromatic carbocycles. The monoisotopic (exact) mass is 393 g/mol. The van der Waals surface area contributed by atoms with Gasteiger partial charge in [0.15, 0.2) is 0 Å². The Morgan fingerprint density at radius 1 is 1.14 bits per heavy atom. The molecule has 0 saturated carbocycles. The van der Waals surface area contributed by atoms with Crippen LogP contribution in [0.5, 0.6) is 5.75 Å². The Bertz CT molecular complexity index is 876. The average Bonchev–Trinajstić information content (AvgIpc) is 2.77. The molecule has 2 saturated heterocycles. The van der Waals surface area contributed by atoms with E-state index in [1.165, 1.54) is 0 Å². The Morgan fingerprint density at radius 2 is 1.97 bits per heavy atom. The second kappa shape index (κ2) is 8.23. The molecule has 1 aromatic heterocycles. The van der Waals surface area contributed by atoms with Crippen molar-refractivity contribution in [2.45, 2.75) is 32.2 Å². The first-order chi connectivity index (χ1) is 14.1. The Morgan fingerprint density at radius 3 is 2.69 bits per heavy atom. The molecule has 2 amide bonds. The van der Waals surface area contributed by atoms with Gasteiger partial charge in [0.1, 0.15) is 5.75 Å². The van der Waals surface area contributed by atoms with Crippen LogP contribution in [0.2, 0.25) is 0 Å². The number of hydrogen-bond acceptors (Lipinski definition) is 4. The van der Waals surface area contributed by atoms with E-state index in [4.69, 9.17) is 4.74 Å². The van der Waals surface area contributed by atoms with Crippen molar-refractivity contribution < 1.29 is 14.3 Å². The van der Waals surface area contributed by atoms with Gasteiger partial charge in [0, 0.05) is 37.8 Å². The lowest BCUT2D eigenvalue weighted by atomic mass is 9.72. The number of pyridine rings is 1. The molecule has 3 heterocycles. The number of carbonyl (C=O) groups is 2. The normalized spacial score (nSPS) is 18.7. The minimum Gasteiger partial charge on any atom is -0.497 e. The lowest BCUT2D eigenvalue weighted by Crippen LogP contribution is -2.52. The van der Waals surface area contributed by atoms with E-state index in [-0.39, 0.29) is 17.2 Å². The third kappa shape index (κ3) is 4.26. The van der Waals surface area contributed by atoms with Gasteiger partial charge in [-0.15, -0.1) is 0 Å². The highest BCUT2D eigenvalue weighted by Gasteiger charge is 2.41. The first-order valence-electron chi connectivity index (χ1n) is 10.2. The van der Waals surface area contributed by atoms with Crippen LogP contribution >= 0.6 is 0 Å². The second-order valence-electron chi connectivity index (χ2n) is 8.10. The Labute approximate surface area is 171 Å². The van der Waals surface area contributed by atoms with Crippen LogP contribution in [0.3, 0.4) is 0 Å². The Kier molecular flexibility index (Phi) is 5.51. The number of benzene rings is 1. The molecular formula is C23H27N3O3. The van der Waals surface area contributed by atoms with Gasteiger partial charge in [0.2, 0.25) is 5.91 Å². The number of ether oxygens (including phenoxy) is 1. The van der Waals surface area contributed by atoms with Gasteiger partial charge in [-0.2, -0.15) is 0 Å². The van der Waals surface area contributed by atoms with Crippen LogP contribution in [-0.4, -0.2) is 53.3 Å². The molecule has 0 unspecified atom stereocenters. The third-order valence-corrected chi connectivity index (χ3v) is 6.26. The van der Waals surface area contributed by atoms with Crippen LogP contribution < -0.4 is 4.74 Å². The molecule has 2 fully saturated rings. The molecule has 6 heteroatoms. The summed E-state index contributed by atoms with van der Waals surface area (Å²) in [5.41, 5.74) is 1.69. The molecule has 29 heavy (non-hydrogen) atoms. The molecule has 152 valence electrons. The minimum atomic E-state index is 0.0518. The topological polar surface area (TPSA) is 62.7 Å². The van der Waals surface area contributed by atoms with Gasteiger partial charge in [-0.05, 0) is 55.0 Å². The maximum atomic E-state index is 12.9. The molecule has 0 aliphatic carbocycles. The van der Waals surface area contributed by atoms with Crippen LogP contribution in [0, 0.1) is 5.41 Å². The molecule has 0 bridgehead atoms. The molecule has 1 spiro atoms. The van der Waals surface area contributed by atoms with Crippen molar-refractivity contribution in [2.75, 3.05) is 26.7 Å². The smallest absolute Gasteiger partial charge is 0.253 e. The molecular weight excluding hydrogens is 366 g/mol. The molecule has 2 aliphatic rings. The van der Waals surface area contributed by atoms with E-state index in [1.54, 1.807) is 19.4 Å². The number of methoxy groups -OCH3 is 1. The summed E-state index contributed by atoms with van der Waals surface area (Å²) in [5.74, 6) is 0.951. The van der Waals surface area contributed by atoms with Crippen LogP contribution in [0.4, 0.5) is 0 Å². The molecule has 0 N–H and O–H groups in total. The number of likely N-dealkylation sites (tertiary alicyclic amines) is 2. The van der Waals surface area contributed by atoms with E-state index < -0.39 is 0 Å². The number of amides is 2. The van der Waals surface area contributed by atoms with E-state index in [0.29, 0.717) is 24.3 Å². The van der Waals surface area contributed by atoms with Crippen molar-refractivity contribution in [1.29, 1.82) is 0 Å². The van der Waals surface area contributed by atoms with Crippen molar-refractivity contribution in [1.82, 2.24) is 14.8 Å². The van der Waals surface area contributed by atoms with E-state index >= 15 is 0 Å². The van der Waals surface area contributed by atoms with Crippen molar-refractivity contribution in [3.63, 3.8) is 0 Å². The second-order valence-corrected chi connectivity index (χ2v) is 8.10.